The Morgan fingerprint density at radius 2 is 0.588 bits per heavy atom. The van der Waals surface area contributed by atoms with Crippen molar-refractivity contribution >= 4 is 110 Å². The Morgan fingerprint density at radius 1 is 0.304 bits per heavy atom. The van der Waals surface area contributed by atoms with Gasteiger partial charge in [0.15, 0.2) is 45.7 Å². The molecule has 23 rings (SSSR count). The van der Waals surface area contributed by atoms with Crippen molar-refractivity contribution in [3.05, 3.63) is 412 Å². The minimum Gasteiger partial charge on any atom is -0.505 e. The fraction of sp³-hybridized carbons (Fsp3) is 0.107. The molecule has 0 bridgehead atoms. The average molecular weight is 1980 g/mol. The molecule has 0 fully saturated rings. The number of aliphatic hydroxyl groups is 1. The van der Waals surface area contributed by atoms with Gasteiger partial charge in [-0.25, -0.2) is 80.6 Å². The van der Waals surface area contributed by atoms with Gasteiger partial charge in [-0.2, -0.15) is 20.4 Å². The van der Waals surface area contributed by atoms with Gasteiger partial charge in [-0.3, -0.25) is 37.4 Å². The highest BCUT2D eigenvalue weighted by atomic mass is 19.1. The van der Waals surface area contributed by atoms with Crippen molar-refractivity contribution in [1.29, 1.82) is 0 Å². The van der Waals surface area contributed by atoms with Crippen LogP contribution in [0, 0.1) is 82.5 Å². The largest absolute Gasteiger partial charge is 0.505 e. The van der Waals surface area contributed by atoms with Crippen molar-refractivity contribution in [3.63, 3.8) is 0 Å². The van der Waals surface area contributed by atoms with Crippen LogP contribution in [0.4, 0.5) is 45.2 Å². The SMILES string of the molecule is Cc1cccc2cc(Cn3nc(-c4ccc(O)c(F)c4)c4c(N)ncnc43)n(-c3ccccc3F)c(=O)c12.Cc1cccc2cc(Cn3nc(C#C[C@@H](C)O)c4c(N)ncnc43)n(-c3ccccc3F)c(=O)c12.Cc1ccccc1-n1c(Cn2nc(-c3ccc(F)cc3)c3c(N)ncnc32)cc2cccc(C)c2c1=O.Cc1ccccc1-n1c(Cn2nc(-c3ccc(O)c(F)c3)c3c(N)ncnc32)cc2cccc(C)c2c1=O. The third-order valence-electron chi connectivity index (χ3n) is 25.7. The number of pyridine rings is 4. The number of aryl methyl sites for hydroxylation is 6. The second-order valence-corrected chi connectivity index (χ2v) is 35.4. The third kappa shape index (κ3) is 17.9. The lowest BCUT2D eigenvalue weighted by Crippen LogP contribution is -2.25. The normalized spacial score (nSPS) is 11.6. The molecule has 12 heterocycles. The summed E-state index contributed by atoms with van der Waals surface area (Å²) in [6.45, 7) is 13.6. The molecule has 0 aliphatic carbocycles. The maximum atomic E-state index is 15.0. The number of para-hydroxylation sites is 4. The Bertz CT molecular complexity index is 9400. The Kier molecular flexibility index (Phi) is 25.5. The summed E-state index contributed by atoms with van der Waals surface area (Å²) in [5.74, 6) is 2.28. The predicted molar refractivity (Wildman–Crippen MR) is 560 cm³/mol. The van der Waals surface area contributed by atoms with Gasteiger partial charge in [0.05, 0.1) is 92.0 Å². The van der Waals surface area contributed by atoms with Gasteiger partial charge >= 0.3 is 0 Å². The first kappa shape index (κ1) is 95.9. The van der Waals surface area contributed by atoms with Crippen LogP contribution in [0.5, 0.6) is 11.5 Å². The number of phenolic OH excluding ortho intramolecular Hbond substituents is 2. The van der Waals surface area contributed by atoms with E-state index in [0.717, 1.165) is 72.7 Å². The monoisotopic (exact) mass is 1970 g/mol. The number of aliphatic hydroxyl groups excluding tert-OH is 1. The molecule has 0 spiro atoms. The summed E-state index contributed by atoms with van der Waals surface area (Å²) >= 11 is 0. The zero-order valence-electron chi connectivity index (χ0n) is 80.1. The first-order valence-corrected chi connectivity index (χ1v) is 46.4. The second kappa shape index (κ2) is 39.4. The number of halogens is 5. The van der Waals surface area contributed by atoms with Crippen molar-refractivity contribution in [3.8, 4) is 79.9 Å². The van der Waals surface area contributed by atoms with Crippen molar-refractivity contribution in [2.45, 2.75) is 80.7 Å². The Balaban J connectivity index is 0.000000120. The Labute approximate surface area is 836 Å². The molecule has 732 valence electrons. The lowest BCUT2D eigenvalue weighted by Gasteiger charge is -2.17. The molecule has 0 saturated carbocycles. The van der Waals surface area contributed by atoms with E-state index in [-0.39, 0.29) is 88.9 Å². The van der Waals surface area contributed by atoms with Crippen molar-refractivity contribution < 1.29 is 37.3 Å². The van der Waals surface area contributed by atoms with Crippen LogP contribution in [0.25, 0.3) is 144 Å². The number of hydrogen-bond acceptors (Lipinski definition) is 23. The number of nitrogen functional groups attached to an aromatic ring is 4. The lowest BCUT2D eigenvalue weighted by molar-refractivity contribution is 0.253. The smallest absolute Gasteiger partial charge is 0.263 e. The highest BCUT2D eigenvalue weighted by Crippen LogP contribution is 2.39. The van der Waals surface area contributed by atoms with Crippen LogP contribution in [0.1, 0.15) is 68.8 Å². The van der Waals surface area contributed by atoms with Crippen LogP contribution >= 0.6 is 0 Å². The number of fused-ring (bicyclic) bond motifs is 8. The molecule has 36 heteroatoms. The summed E-state index contributed by atoms with van der Waals surface area (Å²) in [6, 6.07) is 71.9. The fourth-order valence-corrected chi connectivity index (χ4v) is 18.7. The van der Waals surface area contributed by atoms with Crippen molar-refractivity contribution in [2.75, 3.05) is 22.9 Å². The standard InChI is InChI=1S/C29H23FN6O2.C29H23FN6O.C28H20F2N6O2.C26H21FN6O2/c1-16-6-3-4-9-22(16)36-20(12-18-8-5-7-17(2)24(18)29(36)38)14-35-28-25(27(31)32-15-33-28)26(34-35)19-10-11-23(37)21(30)13-19;1-17-6-3-4-9-23(17)36-22(14-20-8-5-7-18(2)24(20)29(36)37)15-35-28-25(27(31)32-16-33-28)26(34-35)19-10-12-21(30)13-11-19;1-15-5-4-6-16-11-18(36(28(38)23(15)16)21-8-3-2-7-19(21)29)13-35-27-24(26(31)32-14-33-27)25(34-35)17-9-10-22(37)20(30)12-17;1-15-6-5-7-17-12-18(33(26(35)22(15)17)21-9-4-3-8-19(21)27)13-32-25-23(24(28)29-14-30-25)20(31-32)11-10-16(2)34/h3-13,15,37H,14H2,1-2H3,(H2,31,32,33);3-14,16H,15H2,1-2H3,(H2,31,32,33);2-12,14,37H,13H2,1H3,(H2,31,32,33);3-9,12,14,16,34H,13H2,1-2H3,(H2,28,29,30)/t;;;16-/m...1/s1. The van der Waals surface area contributed by atoms with Gasteiger partial charge in [-0.15, -0.1) is 0 Å². The molecule has 12 aromatic heterocycles. The Hall–Kier alpha value is -19.6. The Morgan fingerprint density at radius 3 is 0.912 bits per heavy atom. The molecular formula is C112H87F5N24O7. The molecular weight excluding hydrogens is 1890 g/mol. The van der Waals surface area contributed by atoms with E-state index in [0.29, 0.717) is 128 Å². The summed E-state index contributed by atoms with van der Waals surface area (Å²) in [5, 5.41) is 55.0. The minimum absolute atomic E-state index is 0.0149. The first-order valence-electron chi connectivity index (χ1n) is 46.4. The van der Waals surface area contributed by atoms with E-state index in [1.165, 1.54) is 101 Å². The number of nitrogens with two attached hydrogens (primary N) is 4. The van der Waals surface area contributed by atoms with Crippen molar-refractivity contribution in [2.24, 2.45) is 0 Å². The number of anilines is 4. The highest BCUT2D eigenvalue weighted by molar-refractivity contribution is 6.01. The number of aromatic hydroxyl groups is 2. The minimum atomic E-state index is -0.865. The topological polar surface area (TPSA) is 427 Å². The molecule has 0 aliphatic heterocycles. The molecule has 11 N–H and O–H groups in total. The molecule has 0 saturated heterocycles. The van der Waals surface area contributed by atoms with E-state index in [4.69, 9.17) is 33.1 Å². The second-order valence-electron chi connectivity index (χ2n) is 35.4. The highest BCUT2D eigenvalue weighted by Gasteiger charge is 2.29. The summed E-state index contributed by atoms with van der Waals surface area (Å²) in [6.07, 6.45) is 4.47. The van der Waals surface area contributed by atoms with Crippen molar-refractivity contribution in [1.82, 2.24) is 97.3 Å². The molecule has 0 radical (unpaired) electrons. The fourth-order valence-electron chi connectivity index (χ4n) is 18.7. The van der Waals surface area contributed by atoms with Crippen LogP contribution in [0.3, 0.4) is 0 Å². The van der Waals surface area contributed by atoms with Crippen LogP contribution in [-0.2, 0) is 26.2 Å². The van der Waals surface area contributed by atoms with E-state index < -0.39 is 40.9 Å². The van der Waals surface area contributed by atoms with Gasteiger partial charge < -0.3 is 38.3 Å². The van der Waals surface area contributed by atoms with Gasteiger partial charge in [0, 0.05) is 39.5 Å². The molecule has 23 aromatic rings. The van der Waals surface area contributed by atoms with Gasteiger partial charge in [0.1, 0.15) is 94.9 Å². The zero-order valence-corrected chi connectivity index (χ0v) is 80.1. The summed E-state index contributed by atoms with van der Waals surface area (Å²) in [5.41, 5.74) is 38.0. The molecule has 148 heavy (non-hydrogen) atoms. The zero-order chi connectivity index (χ0) is 103. The maximum absolute atomic E-state index is 15.0. The average Bonchev–Trinajstić information content (AvgIpc) is 1.63. The molecule has 0 amide bonds. The number of aromatic nitrogens is 20. The lowest BCUT2D eigenvalue weighted by atomic mass is 10.1. The number of benzene rings is 11. The molecule has 1 atom stereocenters. The van der Waals surface area contributed by atoms with Crippen LogP contribution in [0.15, 0.2) is 299 Å². The van der Waals surface area contributed by atoms with E-state index in [9.17, 15) is 52.1 Å². The number of hydrogen-bond donors (Lipinski definition) is 7. The van der Waals surface area contributed by atoms with Crippen LogP contribution in [-0.4, -0.2) is 119 Å². The number of rotatable bonds is 15. The summed E-state index contributed by atoms with van der Waals surface area (Å²) < 4.78 is 84.5. The molecule has 0 aliphatic rings. The summed E-state index contributed by atoms with van der Waals surface area (Å²) in [4.78, 5) is 89.3. The van der Waals surface area contributed by atoms with Gasteiger partial charge in [-0.05, 0) is 231 Å². The quantitative estimate of drug-likeness (QED) is 0.0370. The number of nitrogens with zero attached hydrogens (tertiary/aromatic N) is 20. The molecule has 0 unspecified atom stereocenters. The van der Waals surface area contributed by atoms with E-state index in [1.807, 2.05) is 187 Å². The van der Waals surface area contributed by atoms with E-state index in [1.54, 1.807) is 71.7 Å². The molecule has 11 aromatic carbocycles. The maximum Gasteiger partial charge on any atom is 0.263 e. The van der Waals surface area contributed by atoms with Crippen LogP contribution in [0.2, 0.25) is 0 Å². The van der Waals surface area contributed by atoms with Crippen LogP contribution < -0.4 is 45.2 Å². The molecule has 31 nitrogen and oxygen atoms in total. The van der Waals surface area contributed by atoms with E-state index in [2.05, 4.69) is 61.9 Å². The first-order chi connectivity index (χ1) is 71.4. The summed E-state index contributed by atoms with van der Waals surface area (Å²) in [7, 11) is 0. The van der Waals surface area contributed by atoms with Gasteiger partial charge in [0.2, 0.25) is 0 Å². The van der Waals surface area contributed by atoms with Gasteiger partial charge in [0.25, 0.3) is 22.2 Å². The van der Waals surface area contributed by atoms with E-state index >= 15 is 4.39 Å². The number of phenols is 2. The van der Waals surface area contributed by atoms with Gasteiger partial charge in [-0.1, -0.05) is 139 Å². The third-order valence-corrected chi connectivity index (χ3v) is 25.7. The predicted octanol–water partition coefficient (Wildman–Crippen LogP) is 17.7.